The van der Waals surface area contributed by atoms with E-state index in [4.69, 9.17) is 27.8 Å². The molecule has 0 saturated heterocycles. The van der Waals surface area contributed by atoms with E-state index in [1.54, 1.807) is 7.11 Å². The van der Waals surface area contributed by atoms with Crippen LogP contribution in [0.2, 0.25) is 23.2 Å². The molecule has 0 saturated carbocycles. The molecular weight excluding hydrogens is 753 g/mol. The van der Waals surface area contributed by atoms with Crippen molar-refractivity contribution < 1.29 is 27.8 Å². The summed E-state index contributed by atoms with van der Waals surface area (Å²) in [5.74, 6) is 0.995. The first kappa shape index (κ1) is 47.3. The number of ether oxygens (including phenoxy) is 4. The maximum Gasteiger partial charge on any atom is 0.261 e. The summed E-state index contributed by atoms with van der Waals surface area (Å²) in [5.41, 5.74) is 2.27. The number of hydrogen-bond donors (Lipinski definition) is 0. The SMILES string of the molecule is COc1ccc(COCCC/C=C/C[C@H](C)[C@@H](OCOCc2ccccc2)[C@H](CCO[Si](C)(C)C(C)(C)C)O[Si](c2ccccc2)(c2ccccc2)C(C)(C)C)cc1. The van der Waals surface area contributed by atoms with E-state index in [2.05, 4.69) is 159 Å². The number of benzene rings is 4. The Morgan fingerprint density at radius 2 is 1.19 bits per heavy atom. The largest absolute Gasteiger partial charge is 0.497 e. The molecule has 0 fully saturated rings. The predicted octanol–water partition coefficient (Wildman–Crippen LogP) is 11.5. The van der Waals surface area contributed by atoms with Gasteiger partial charge in [-0.15, -0.1) is 0 Å². The van der Waals surface area contributed by atoms with Crippen LogP contribution in [0.3, 0.4) is 0 Å². The molecule has 0 N–H and O–H groups in total. The third-order valence-electron chi connectivity index (χ3n) is 11.6. The Kier molecular flexibility index (Phi) is 18.7. The van der Waals surface area contributed by atoms with Crippen LogP contribution >= 0.6 is 0 Å². The van der Waals surface area contributed by atoms with Crippen LogP contribution < -0.4 is 15.1 Å². The molecule has 4 aromatic carbocycles. The normalized spacial score (nSPS) is 14.4. The van der Waals surface area contributed by atoms with Crippen LogP contribution in [-0.2, 0) is 36.3 Å². The Bertz CT molecular complexity index is 1700. The first-order valence-electron chi connectivity index (χ1n) is 21.2. The van der Waals surface area contributed by atoms with E-state index in [0.717, 1.165) is 36.1 Å². The van der Waals surface area contributed by atoms with Gasteiger partial charge in [-0.3, -0.25) is 0 Å². The lowest BCUT2D eigenvalue weighted by atomic mass is 9.94. The van der Waals surface area contributed by atoms with Gasteiger partial charge in [0, 0.05) is 13.2 Å². The van der Waals surface area contributed by atoms with Crippen molar-refractivity contribution >= 4 is 27.0 Å². The van der Waals surface area contributed by atoms with Crippen LogP contribution in [0.25, 0.3) is 0 Å². The van der Waals surface area contributed by atoms with Crippen LogP contribution in [-0.4, -0.2) is 56.0 Å². The minimum atomic E-state index is -2.94. The first-order chi connectivity index (χ1) is 27.7. The molecule has 4 aromatic rings. The number of allylic oxidation sites excluding steroid dienone is 2. The molecule has 0 amide bonds. The summed E-state index contributed by atoms with van der Waals surface area (Å²) in [7, 11) is -3.28. The van der Waals surface area contributed by atoms with E-state index in [1.165, 1.54) is 10.4 Å². The van der Waals surface area contributed by atoms with Gasteiger partial charge in [-0.2, -0.15) is 0 Å². The van der Waals surface area contributed by atoms with E-state index in [9.17, 15) is 0 Å². The zero-order chi connectivity index (χ0) is 42.1. The number of hydrogen-bond acceptors (Lipinski definition) is 6. The molecule has 0 aliphatic heterocycles. The van der Waals surface area contributed by atoms with Crippen molar-refractivity contribution in [1.82, 2.24) is 0 Å². The average Bonchev–Trinajstić information content (AvgIpc) is 3.20. The Morgan fingerprint density at radius 3 is 1.74 bits per heavy atom. The lowest BCUT2D eigenvalue weighted by Crippen LogP contribution is -2.68. The fourth-order valence-electron chi connectivity index (χ4n) is 7.13. The quantitative estimate of drug-likeness (QED) is 0.0304. The minimum absolute atomic E-state index is 0.0985. The van der Waals surface area contributed by atoms with Crippen molar-refractivity contribution in [3.8, 4) is 5.75 Å². The summed E-state index contributed by atoms with van der Waals surface area (Å²) in [5, 5.41) is 2.41. The summed E-state index contributed by atoms with van der Waals surface area (Å²) in [6, 6.07) is 40.2. The van der Waals surface area contributed by atoms with E-state index < -0.39 is 16.6 Å². The van der Waals surface area contributed by atoms with Gasteiger partial charge in [-0.05, 0) is 88.4 Å². The highest BCUT2D eigenvalue weighted by Crippen LogP contribution is 2.40. The third-order valence-corrected chi connectivity index (χ3v) is 21.2. The Balaban J connectivity index is 1.60. The monoisotopic (exact) mass is 824 g/mol. The number of unbranched alkanes of at least 4 members (excludes halogenated alkanes) is 1. The van der Waals surface area contributed by atoms with Gasteiger partial charge in [0.25, 0.3) is 8.32 Å². The zero-order valence-electron chi connectivity index (χ0n) is 37.2. The molecule has 4 rings (SSSR count). The second-order valence-electron chi connectivity index (χ2n) is 18.0. The topological polar surface area (TPSA) is 55.4 Å². The van der Waals surface area contributed by atoms with Crippen LogP contribution in [0.15, 0.2) is 127 Å². The summed E-state index contributed by atoms with van der Waals surface area (Å²) < 4.78 is 39.2. The lowest BCUT2D eigenvalue weighted by molar-refractivity contribution is -0.143. The molecular formula is C50H72O6Si2. The second kappa shape index (κ2) is 22.9. The fourth-order valence-corrected chi connectivity index (χ4v) is 12.9. The van der Waals surface area contributed by atoms with Gasteiger partial charge in [-0.25, -0.2) is 0 Å². The van der Waals surface area contributed by atoms with Gasteiger partial charge in [0.15, 0.2) is 8.32 Å². The molecule has 3 atom stereocenters. The van der Waals surface area contributed by atoms with Crippen molar-refractivity contribution in [2.24, 2.45) is 5.92 Å². The summed E-state index contributed by atoms with van der Waals surface area (Å²) in [6.07, 6.45) is 7.54. The van der Waals surface area contributed by atoms with E-state index in [1.807, 2.05) is 30.3 Å². The smallest absolute Gasteiger partial charge is 0.261 e. The highest BCUT2D eigenvalue weighted by molar-refractivity contribution is 6.99. The molecule has 0 bridgehead atoms. The standard InChI is InChI=1S/C50H72O6Si2/c1-41(24-16-11-12-23-36-52-38-43-31-33-44(51-8)34-32-43)48(54-40-53-39-42-25-17-13-18-26-42)47(35-37-55-57(9,10)49(2,3)4)56-58(50(5,6)7,45-27-19-14-20-28-45)46-29-21-15-22-30-46/h11,13-22,25-34,41,47-48H,12,23-24,35-40H2,1-10H3/b16-11+/t41-,47-,48+/m0/s1. The number of rotatable bonds is 24. The van der Waals surface area contributed by atoms with E-state index in [0.29, 0.717) is 32.8 Å². The molecule has 8 heteroatoms. The summed E-state index contributed by atoms with van der Waals surface area (Å²) in [6.45, 7) is 23.4. The molecule has 0 unspecified atom stereocenters. The predicted molar refractivity (Wildman–Crippen MR) is 246 cm³/mol. The number of methoxy groups -OCH3 is 1. The highest BCUT2D eigenvalue weighted by Gasteiger charge is 2.52. The third kappa shape index (κ3) is 13.9. The van der Waals surface area contributed by atoms with Gasteiger partial charge in [-0.1, -0.05) is 164 Å². The van der Waals surface area contributed by atoms with E-state index >= 15 is 0 Å². The Morgan fingerprint density at radius 1 is 0.638 bits per heavy atom. The van der Waals surface area contributed by atoms with Gasteiger partial charge in [0.05, 0.1) is 32.5 Å². The summed E-state index contributed by atoms with van der Waals surface area (Å²) in [4.78, 5) is 0. The zero-order valence-corrected chi connectivity index (χ0v) is 39.2. The van der Waals surface area contributed by atoms with Crippen molar-refractivity contribution in [3.63, 3.8) is 0 Å². The van der Waals surface area contributed by atoms with Crippen LogP contribution in [0.5, 0.6) is 5.75 Å². The van der Waals surface area contributed by atoms with Gasteiger partial charge >= 0.3 is 0 Å². The maximum absolute atomic E-state index is 7.94. The molecule has 0 heterocycles. The fraction of sp³-hybridized carbons (Fsp3) is 0.480. The van der Waals surface area contributed by atoms with Crippen molar-refractivity contribution in [1.29, 1.82) is 0 Å². The van der Waals surface area contributed by atoms with Crippen molar-refractivity contribution in [2.45, 2.75) is 123 Å². The highest BCUT2D eigenvalue weighted by atomic mass is 28.4. The molecule has 58 heavy (non-hydrogen) atoms. The molecule has 316 valence electrons. The molecule has 0 aliphatic rings. The molecule has 0 spiro atoms. The average molecular weight is 825 g/mol. The first-order valence-corrected chi connectivity index (χ1v) is 26.0. The second-order valence-corrected chi connectivity index (χ2v) is 27.1. The lowest BCUT2D eigenvalue weighted by Gasteiger charge is -2.47. The Labute approximate surface area is 353 Å². The van der Waals surface area contributed by atoms with Crippen molar-refractivity contribution in [3.05, 3.63) is 139 Å². The van der Waals surface area contributed by atoms with Gasteiger partial charge in [0.2, 0.25) is 0 Å². The van der Waals surface area contributed by atoms with Gasteiger partial charge in [0.1, 0.15) is 12.5 Å². The van der Waals surface area contributed by atoms with Crippen LogP contribution in [0, 0.1) is 5.92 Å². The maximum atomic E-state index is 7.94. The molecule has 0 radical (unpaired) electrons. The minimum Gasteiger partial charge on any atom is -0.497 e. The Hall–Kier alpha value is -3.35. The molecule has 6 nitrogen and oxygen atoms in total. The summed E-state index contributed by atoms with van der Waals surface area (Å²) >= 11 is 0. The van der Waals surface area contributed by atoms with Crippen molar-refractivity contribution in [2.75, 3.05) is 27.1 Å². The van der Waals surface area contributed by atoms with Crippen LogP contribution in [0.1, 0.15) is 85.3 Å². The van der Waals surface area contributed by atoms with Gasteiger partial charge < -0.3 is 27.8 Å². The van der Waals surface area contributed by atoms with Crippen LogP contribution in [0.4, 0.5) is 0 Å². The molecule has 0 aliphatic carbocycles. The molecule has 0 aromatic heterocycles. The van der Waals surface area contributed by atoms with E-state index in [-0.39, 0.29) is 35.0 Å².